The van der Waals surface area contributed by atoms with E-state index in [1.165, 1.54) is 19.3 Å². The highest BCUT2D eigenvalue weighted by atomic mass is 16.3. The van der Waals surface area contributed by atoms with Gasteiger partial charge in [0, 0.05) is 37.3 Å². The fourth-order valence-corrected chi connectivity index (χ4v) is 3.67. The molecule has 2 aliphatic rings. The molecule has 2 heterocycles. The van der Waals surface area contributed by atoms with Crippen molar-refractivity contribution in [2.75, 3.05) is 26.7 Å². The van der Waals surface area contributed by atoms with Crippen LogP contribution in [0, 0.1) is 5.41 Å². The fraction of sp³-hybridized carbons (Fsp3) is 1.00. The van der Waals surface area contributed by atoms with Crippen LogP contribution in [0.2, 0.25) is 0 Å². The molecule has 2 rings (SSSR count). The molecule has 0 spiro atoms. The van der Waals surface area contributed by atoms with Crippen molar-refractivity contribution < 1.29 is 5.11 Å². The molecule has 0 saturated carbocycles. The SMILES string of the molecule is CN1C2CCC1CN(C(CO)C(N)C(C)(C)C)CC2. The van der Waals surface area contributed by atoms with Crippen LogP contribution in [0.4, 0.5) is 0 Å². The molecule has 0 aromatic rings. The smallest absolute Gasteiger partial charge is 0.0602 e. The Hall–Kier alpha value is -0.160. The molecule has 4 unspecified atom stereocenters. The lowest BCUT2D eigenvalue weighted by Gasteiger charge is -2.41. The number of nitrogens with two attached hydrogens (primary N) is 1. The van der Waals surface area contributed by atoms with E-state index >= 15 is 0 Å². The molecule has 19 heavy (non-hydrogen) atoms. The van der Waals surface area contributed by atoms with Crippen molar-refractivity contribution in [1.82, 2.24) is 9.80 Å². The lowest BCUT2D eigenvalue weighted by Crippen LogP contribution is -2.57. The van der Waals surface area contributed by atoms with E-state index in [0.29, 0.717) is 6.04 Å². The van der Waals surface area contributed by atoms with Crippen LogP contribution in [0.3, 0.4) is 0 Å². The van der Waals surface area contributed by atoms with Crippen molar-refractivity contribution in [3.8, 4) is 0 Å². The summed E-state index contributed by atoms with van der Waals surface area (Å²) in [5.41, 5.74) is 6.44. The van der Waals surface area contributed by atoms with Gasteiger partial charge in [-0.05, 0) is 31.7 Å². The maximum Gasteiger partial charge on any atom is 0.0602 e. The molecule has 2 saturated heterocycles. The van der Waals surface area contributed by atoms with Gasteiger partial charge in [0.15, 0.2) is 0 Å². The van der Waals surface area contributed by atoms with Crippen molar-refractivity contribution in [3.63, 3.8) is 0 Å². The van der Waals surface area contributed by atoms with Crippen LogP contribution in [0.25, 0.3) is 0 Å². The Bertz CT molecular complexity index is 302. The molecule has 2 bridgehead atoms. The van der Waals surface area contributed by atoms with Crippen LogP contribution in [0.15, 0.2) is 0 Å². The summed E-state index contributed by atoms with van der Waals surface area (Å²) >= 11 is 0. The summed E-state index contributed by atoms with van der Waals surface area (Å²) in [4.78, 5) is 4.98. The van der Waals surface area contributed by atoms with Crippen LogP contribution in [0.5, 0.6) is 0 Å². The lowest BCUT2D eigenvalue weighted by molar-refractivity contribution is 0.0643. The highest BCUT2D eigenvalue weighted by Crippen LogP contribution is 2.31. The van der Waals surface area contributed by atoms with Gasteiger partial charge in [-0.25, -0.2) is 0 Å². The molecule has 4 atom stereocenters. The quantitative estimate of drug-likeness (QED) is 0.799. The van der Waals surface area contributed by atoms with Gasteiger partial charge in [0.05, 0.1) is 6.61 Å². The predicted octanol–water partition coefficient (Wildman–Crippen LogP) is 0.889. The molecular formula is C15H31N3O. The number of rotatable bonds is 3. The van der Waals surface area contributed by atoms with Gasteiger partial charge in [-0.15, -0.1) is 0 Å². The number of nitrogens with zero attached hydrogens (tertiary/aromatic N) is 2. The van der Waals surface area contributed by atoms with Crippen molar-refractivity contribution in [2.24, 2.45) is 11.1 Å². The minimum absolute atomic E-state index is 0.0134. The number of aliphatic hydroxyl groups excluding tert-OH is 1. The van der Waals surface area contributed by atoms with Gasteiger partial charge in [-0.3, -0.25) is 9.80 Å². The molecule has 3 N–H and O–H groups in total. The zero-order valence-corrected chi connectivity index (χ0v) is 13.0. The normalized spacial score (nSPS) is 33.2. The number of aliphatic hydroxyl groups is 1. The topological polar surface area (TPSA) is 52.7 Å². The Balaban J connectivity index is 2.07. The Morgan fingerprint density at radius 1 is 1.21 bits per heavy atom. The second-order valence-electron chi connectivity index (χ2n) is 7.48. The molecule has 2 aliphatic heterocycles. The molecule has 0 radical (unpaired) electrons. The van der Waals surface area contributed by atoms with Crippen LogP contribution in [0.1, 0.15) is 40.0 Å². The minimum atomic E-state index is 0.0134. The number of hydrogen-bond acceptors (Lipinski definition) is 4. The van der Waals surface area contributed by atoms with E-state index in [-0.39, 0.29) is 24.1 Å². The first-order chi connectivity index (χ1) is 8.84. The molecule has 0 aromatic heterocycles. The number of fused-ring (bicyclic) bond motifs is 2. The highest BCUT2D eigenvalue weighted by molar-refractivity contribution is 4.96. The van der Waals surface area contributed by atoms with E-state index in [1.807, 2.05) is 0 Å². The molecular weight excluding hydrogens is 238 g/mol. The van der Waals surface area contributed by atoms with E-state index in [2.05, 4.69) is 37.6 Å². The van der Waals surface area contributed by atoms with Crippen molar-refractivity contribution in [3.05, 3.63) is 0 Å². The van der Waals surface area contributed by atoms with Crippen molar-refractivity contribution in [2.45, 2.75) is 64.2 Å². The average molecular weight is 269 g/mol. The van der Waals surface area contributed by atoms with Gasteiger partial charge >= 0.3 is 0 Å². The highest BCUT2D eigenvalue weighted by Gasteiger charge is 2.39. The zero-order chi connectivity index (χ0) is 14.2. The maximum absolute atomic E-state index is 9.80. The lowest BCUT2D eigenvalue weighted by atomic mass is 9.82. The predicted molar refractivity (Wildman–Crippen MR) is 79.1 cm³/mol. The molecule has 4 nitrogen and oxygen atoms in total. The summed E-state index contributed by atoms with van der Waals surface area (Å²) in [5.74, 6) is 0. The van der Waals surface area contributed by atoms with Gasteiger partial charge in [0.1, 0.15) is 0 Å². The Morgan fingerprint density at radius 2 is 1.84 bits per heavy atom. The molecule has 4 heteroatoms. The number of likely N-dealkylation sites (N-methyl/N-ethyl adjacent to an activating group) is 1. The summed E-state index contributed by atoms with van der Waals surface area (Å²) in [6, 6.07) is 1.49. The third-order valence-electron chi connectivity index (χ3n) is 5.25. The van der Waals surface area contributed by atoms with Gasteiger partial charge in [-0.1, -0.05) is 20.8 Å². The molecule has 0 aliphatic carbocycles. The second-order valence-corrected chi connectivity index (χ2v) is 7.48. The van der Waals surface area contributed by atoms with Crippen LogP contribution >= 0.6 is 0 Å². The molecule has 0 amide bonds. The average Bonchev–Trinajstić information content (AvgIpc) is 2.55. The van der Waals surface area contributed by atoms with E-state index < -0.39 is 0 Å². The maximum atomic E-state index is 9.80. The number of hydrogen-bond donors (Lipinski definition) is 2. The summed E-state index contributed by atoms with van der Waals surface area (Å²) in [6.45, 7) is 8.78. The first kappa shape index (κ1) is 15.2. The molecule has 112 valence electrons. The summed E-state index contributed by atoms with van der Waals surface area (Å²) in [5, 5.41) is 9.80. The monoisotopic (exact) mass is 269 g/mol. The Labute approximate surface area is 117 Å². The first-order valence-corrected chi connectivity index (χ1v) is 7.67. The second kappa shape index (κ2) is 5.68. The van der Waals surface area contributed by atoms with E-state index in [0.717, 1.165) is 19.1 Å². The van der Waals surface area contributed by atoms with E-state index in [4.69, 9.17) is 5.73 Å². The van der Waals surface area contributed by atoms with Crippen molar-refractivity contribution >= 4 is 0 Å². The third kappa shape index (κ3) is 3.13. The van der Waals surface area contributed by atoms with Crippen molar-refractivity contribution in [1.29, 1.82) is 0 Å². The summed E-state index contributed by atoms with van der Waals surface area (Å²) in [7, 11) is 2.25. The standard InChI is InChI=1S/C15H31N3O/c1-15(2,3)14(16)13(10-19)18-8-7-11-5-6-12(9-18)17(11)4/h11-14,19H,5-10,16H2,1-4H3. The van der Waals surface area contributed by atoms with E-state index in [9.17, 15) is 5.11 Å². The Kier molecular flexibility index (Phi) is 4.56. The van der Waals surface area contributed by atoms with Gasteiger partial charge in [0.25, 0.3) is 0 Å². The molecule has 0 aromatic carbocycles. The molecule has 2 fully saturated rings. The fourth-order valence-electron chi connectivity index (χ4n) is 3.67. The Morgan fingerprint density at radius 3 is 2.42 bits per heavy atom. The first-order valence-electron chi connectivity index (χ1n) is 7.67. The third-order valence-corrected chi connectivity index (χ3v) is 5.25. The summed E-state index contributed by atoms with van der Waals surface area (Å²) < 4.78 is 0. The van der Waals surface area contributed by atoms with E-state index in [1.54, 1.807) is 0 Å². The zero-order valence-electron chi connectivity index (χ0n) is 13.0. The van der Waals surface area contributed by atoms with Crippen LogP contribution in [-0.2, 0) is 0 Å². The van der Waals surface area contributed by atoms with Gasteiger partial charge < -0.3 is 10.8 Å². The largest absolute Gasteiger partial charge is 0.395 e. The van der Waals surface area contributed by atoms with Gasteiger partial charge in [0.2, 0.25) is 0 Å². The summed E-state index contributed by atoms with van der Waals surface area (Å²) in [6.07, 6.45) is 3.84. The minimum Gasteiger partial charge on any atom is -0.395 e. The van der Waals surface area contributed by atoms with Gasteiger partial charge in [-0.2, -0.15) is 0 Å². The number of likely N-dealkylation sites (tertiary alicyclic amines) is 1. The van der Waals surface area contributed by atoms with Crippen LogP contribution in [-0.4, -0.2) is 65.8 Å². The van der Waals surface area contributed by atoms with Crippen LogP contribution < -0.4 is 5.73 Å².